The van der Waals surface area contributed by atoms with Crippen LogP contribution in [-0.4, -0.2) is 18.8 Å². The molecule has 130 valence electrons. The number of cyclic esters (lactones) is 1. The van der Waals surface area contributed by atoms with E-state index < -0.39 is 22.2 Å². The van der Waals surface area contributed by atoms with E-state index in [0.29, 0.717) is 9.87 Å². The molecule has 0 aromatic heterocycles. The zero-order valence-electron chi connectivity index (χ0n) is 13.6. The Bertz CT molecular complexity index is 951. The molecule has 0 spiro atoms. The van der Waals surface area contributed by atoms with Gasteiger partial charge in [0.25, 0.3) is 10.0 Å². The number of amides is 1. The van der Waals surface area contributed by atoms with Crippen LogP contribution in [0.5, 0.6) is 0 Å². The number of hydrogen-bond acceptors (Lipinski definition) is 4. The molecule has 2 aromatic carbocycles. The smallest absolute Gasteiger partial charge is 0.429 e. The van der Waals surface area contributed by atoms with Crippen LogP contribution in [0, 0.1) is 13.8 Å². The summed E-state index contributed by atoms with van der Waals surface area (Å²) in [5.41, 5.74) is 3.61. The highest BCUT2D eigenvalue weighted by Crippen LogP contribution is 2.40. The Hall–Kier alpha value is -2.31. The van der Waals surface area contributed by atoms with E-state index in [1.165, 1.54) is 12.1 Å². The molecule has 1 aliphatic rings. The van der Waals surface area contributed by atoms with Gasteiger partial charge in [0, 0.05) is 11.1 Å². The largest absolute Gasteiger partial charge is 0.434 e. The zero-order chi connectivity index (χ0) is 18.2. The van der Waals surface area contributed by atoms with Crippen molar-refractivity contribution in [3.05, 3.63) is 76.5 Å². The van der Waals surface area contributed by atoms with Crippen LogP contribution < -0.4 is 0 Å². The lowest BCUT2D eigenvalue weighted by atomic mass is 10.0. The average molecular weight is 378 g/mol. The van der Waals surface area contributed by atoms with Gasteiger partial charge in [0.2, 0.25) is 0 Å². The second-order valence-electron chi connectivity index (χ2n) is 5.74. The molecule has 1 saturated heterocycles. The summed E-state index contributed by atoms with van der Waals surface area (Å²) in [4.78, 5) is 12.3. The molecule has 1 fully saturated rings. The molecule has 0 N–H and O–H groups in total. The summed E-state index contributed by atoms with van der Waals surface area (Å²) in [6, 6.07) is 13.5. The third kappa shape index (κ3) is 3.03. The molecule has 0 aliphatic carbocycles. The van der Waals surface area contributed by atoms with Crippen LogP contribution in [-0.2, 0) is 14.8 Å². The van der Waals surface area contributed by atoms with Gasteiger partial charge in [0.05, 0.1) is 10.6 Å². The van der Waals surface area contributed by atoms with Crippen LogP contribution in [0.4, 0.5) is 4.79 Å². The summed E-state index contributed by atoms with van der Waals surface area (Å²) in [5, 5.41) is 0. The average Bonchev–Trinajstić information content (AvgIpc) is 2.92. The Morgan fingerprint density at radius 1 is 1.08 bits per heavy atom. The summed E-state index contributed by atoms with van der Waals surface area (Å²) in [5.74, 6) is 0. The molecule has 25 heavy (non-hydrogen) atoms. The third-order valence-electron chi connectivity index (χ3n) is 4.03. The van der Waals surface area contributed by atoms with E-state index >= 15 is 0 Å². The second kappa shape index (κ2) is 6.54. The number of hydrogen-bond donors (Lipinski definition) is 0. The predicted molar refractivity (Wildman–Crippen MR) is 94.5 cm³/mol. The Labute approximate surface area is 151 Å². The summed E-state index contributed by atoms with van der Waals surface area (Å²) in [7, 11) is -4.11. The highest BCUT2D eigenvalue weighted by atomic mass is 35.5. The van der Waals surface area contributed by atoms with Crippen molar-refractivity contribution in [3.63, 3.8) is 0 Å². The van der Waals surface area contributed by atoms with Crippen LogP contribution in [0.3, 0.4) is 0 Å². The standard InChI is InChI=1S/C18H16ClNO4S/c1-12-7-9-14(10-8-12)25(22,23)20-16(11-19)17(24-18(20)21)15-6-4-3-5-13(15)2/h3-11,17H,1-2H3/b16-11-. The lowest BCUT2D eigenvalue weighted by Crippen LogP contribution is -2.30. The normalized spacial score (nSPS) is 19.3. The summed E-state index contributed by atoms with van der Waals surface area (Å²) < 4.78 is 31.8. The number of benzene rings is 2. The number of halogens is 1. The highest BCUT2D eigenvalue weighted by molar-refractivity contribution is 7.89. The Morgan fingerprint density at radius 3 is 2.32 bits per heavy atom. The summed E-state index contributed by atoms with van der Waals surface area (Å²) in [6.45, 7) is 3.70. The van der Waals surface area contributed by atoms with Gasteiger partial charge in [-0.25, -0.2) is 13.2 Å². The van der Waals surface area contributed by atoms with E-state index in [1.807, 2.05) is 26.0 Å². The maximum atomic E-state index is 12.9. The van der Waals surface area contributed by atoms with E-state index in [2.05, 4.69) is 0 Å². The number of sulfonamides is 1. The molecule has 0 radical (unpaired) electrons. The van der Waals surface area contributed by atoms with Gasteiger partial charge in [-0.05, 0) is 31.5 Å². The number of carbonyl (C=O) groups excluding carboxylic acids is 1. The molecule has 7 heteroatoms. The van der Waals surface area contributed by atoms with Crippen molar-refractivity contribution >= 4 is 27.7 Å². The van der Waals surface area contributed by atoms with Gasteiger partial charge in [0.15, 0.2) is 6.10 Å². The molecule has 2 aromatic rings. The first-order valence-electron chi connectivity index (χ1n) is 7.54. The Morgan fingerprint density at radius 2 is 1.72 bits per heavy atom. The van der Waals surface area contributed by atoms with Crippen molar-refractivity contribution in [3.8, 4) is 0 Å². The molecular formula is C18H16ClNO4S. The minimum atomic E-state index is -4.11. The second-order valence-corrected chi connectivity index (χ2v) is 7.74. The molecule has 0 saturated carbocycles. The first-order chi connectivity index (χ1) is 11.9. The highest BCUT2D eigenvalue weighted by Gasteiger charge is 2.45. The first kappa shape index (κ1) is 17.5. The van der Waals surface area contributed by atoms with Gasteiger partial charge in [-0.2, -0.15) is 4.31 Å². The van der Waals surface area contributed by atoms with E-state index in [1.54, 1.807) is 24.3 Å². The number of aryl methyl sites for hydroxylation is 2. The topological polar surface area (TPSA) is 63.7 Å². The summed E-state index contributed by atoms with van der Waals surface area (Å²) >= 11 is 5.88. The predicted octanol–water partition coefficient (Wildman–Crippen LogP) is 4.27. The summed E-state index contributed by atoms with van der Waals surface area (Å²) in [6.07, 6.45) is -1.84. The van der Waals surface area contributed by atoms with Crippen molar-refractivity contribution in [1.29, 1.82) is 0 Å². The number of carbonyl (C=O) groups is 1. The Kier molecular flexibility index (Phi) is 4.58. The van der Waals surface area contributed by atoms with Crippen LogP contribution in [0.2, 0.25) is 0 Å². The van der Waals surface area contributed by atoms with E-state index in [-0.39, 0.29) is 10.6 Å². The zero-order valence-corrected chi connectivity index (χ0v) is 15.2. The minimum absolute atomic E-state index is 0.00324. The van der Waals surface area contributed by atoms with E-state index in [4.69, 9.17) is 16.3 Å². The van der Waals surface area contributed by atoms with Crippen LogP contribution in [0.1, 0.15) is 22.8 Å². The van der Waals surface area contributed by atoms with Gasteiger partial charge in [-0.15, -0.1) is 0 Å². The lowest BCUT2D eigenvalue weighted by Gasteiger charge is -2.17. The molecule has 1 unspecified atom stereocenters. The molecular weight excluding hydrogens is 362 g/mol. The van der Waals surface area contributed by atoms with Crippen molar-refractivity contribution in [2.75, 3.05) is 0 Å². The Balaban J connectivity index is 2.07. The first-order valence-corrected chi connectivity index (χ1v) is 9.42. The number of rotatable bonds is 3. The van der Waals surface area contributed by atoms with Crippen molar-refractivity contribution in [1.82, 2.24) is 4.31 Å². The van der Waals surface area contributed by atoms with Crippen LogP contribution in [0.25, 0.3) is 0 Å². The van der Waals surface area contributed by atoms with Crippen LogP contribution in [0.15, 0.2) is 64.7 Å². The molecule has 1 amide bonds. The van der Waals surface area contributed by atoms with Crippen LogP contribution >= 0.6 is 11.6 Å². The SMILES string of the molecule is Cc1ccc(S(=O)(=O)N2C(=O)OC(c3ccccc3C)/C2=C/Cl)cc1. The van der Waals surface area contributed by atoms with E-state index in [0.717, 1.165) is 16.7 Å². The quantitative estimate of drug-likeness (QED) is 0.801. The number of ether oxygens (including phenoxy) is 1. The maximum Gasteiger partial charge on any atom is 0.429 e. The third-order valence-corrected chi connectivity index (χ3v) is 5.96. The van der Waals surface area contributed by atoms with Gasteiger partial charge in [-0.3, -0.25) is 0 Å². The number of nitrogens with zero attached hydrogens (tertiary/aromatic N) is 1. The fraction of sp³-hybridized carbons (Fsp3) is 0.167. The van der Waals surface area contributed by atoms with Crippen molar-refractivity contribution in [2.45, 2.75) is 24.8 Å². The van der Waals surface area contributed by atoms with Crippen molar-refractivity contribution in [2.24, 2.45) is 0 Å². The fourth-order valence-electron chi connectivity index (χ4n) is 2.68. The molecule has 5 nitrogen and oxygen atoms in total. The minimum Gasteiger partial charge on any atom is -0.434 e. The van der Waals surface area contributed by atoms with Gasteiger partial charge in [-0.1, -0.05) is 53.6 Å². The lowest BCUT2D eigenvalue weighted by molar-refractivity contribution is 0.140. The molecule has 1 aliphatic heterocycles. The molecule has 1 heterocycles. The molecule has 0 bridgehead atoms. The van der Waals surface area contributed by atoms with Gasteiger partial charge in [0.1, 0.15) is 0 Å². The van der Waals surface area contributed by atoms with Crippen molar-refractivity contribution < 1.29 is 17.9 Å². The maximum absolute atomic E-state index is 12.9. The molecule has 1 atom stereocenters. The fourth-order valence-corrected chi connectivity index (χ4v) is 4.30. The van der Waals surface area contributed by atoms with Gasteiger partial charge < -0.3 is 4.74 Å². The molecule has 3 rings (SSSR count). The van der Waals surface area contributed by atoms with E-state index in [9.17, 15) is 13.2 Å². The monoisotopic (exact) mass is 377 g/mol. The van der Waals surface area contributed by atoms with Gasteiger partial charge >= 0.3 is 6.09 Å².